The molecule has 0 fully saturated rings. The van der Waals surface area contributed by atoms with Crippen molar-refractivity contribution >= 4 is 5.97 Å². The van der Waals surface area contributed by atoms with Gasteiger partial charge in [-0.1, -0.05) is 37.3 Å². The highest BCUT2D eigenvalue weighted by Gasteiger charge is 2.14. The zero-order chi connectivity index (χ0) is 11.1. The normalized spacial score (nSPS) is 18.3. The van der Waals surface area contributed by atoms with Gasteiger partial charge in [-0.3, -0.25) is 0 Å². The molecule has 0 aliphatic heterocycles. The number of ether oxygens (including phenoxy) is 1. The summed E-state index contributed by atoms with van der Waals surface area (Å²) in [5.41, 5.74) is 1.66. The molecule has 1 aliphatic rings. The summed E-state index contributed by atoms with van der Waals surface area (Å²) in [7, 11) is 1.40. The predicted molar refractivity (Wildman–Crippen MR) is 61.4 cm³/mol. The van der Waals surface area contributed by atoms with E-state index in [1.807, 2.05) is 24.3 Å². The van der Waals surface area contributed by atoms with Gasteiger partial charge in [-0.05, 0) is 24.5 Å². The monoisotopic (exact) mass is 204 g/mol. The van der Waals surface area contributed by atoms with Crippen molar-refractivity contribution < 1.29 is 9.53 Å². The molecule has 0 aromatic carbocycles. The molecule has 0 aromatic rings. The summed E-state index contributed by atoms with van der Waals surface area (Å²) in [6.45, 7) is 2.08. The molecule has 0 N–H and O–H groups in total. The van der Waals surface area contributed by atoms with E-state index < -0.39 is 0 Å². The molecule has 0 radical (unpaired) electrons. The van der Waals surface area contributed by atoms with Crippen molar-refractivity contribution in [1.82, 2.24) is 0 Å². The smallest absolute Gasteiger partial charge is 0.338 e. The Labute approximate surface area is 90.6 Å². The van der Waals surface area contributed by atoms with Crippen LogP contribution in [0.4, 0.5) is 0 Å². The number of hydrogen-bond acceptors (Lipinski definition) is 2. The average Bonchev–Trinajstić information content (AvgIpc) is 2.29. The van der Waals surface area contributed by atoms with Gasteiger partial charge in [0.25, 0.3) is 0 Å². The van der Waals surface area contributed by atoms with Crippen molar-refractivity contribution in [3.63, 3.8) is 0 Å². The van der Waals surface area contributed by atoms with Crippen molar-refractivity contribution in [2.24, 2.45) is 0 Å². The van der Waals surface area contributed by atoms with Crippen LogP contribution in [0, 0.1) is 0 Å². The van der Waals surface area contributed by atoms with Crippen LogP contribution >= 0.6 is 0 Å². The SMILES string of the molecule is CC/C=C\C=C1/CC=CC=C1C(=O)OC. The Bertz CT molecular complexity index is 344. The number of carbonyl (C=O) groups is 1. The van der Waals surface area contributed by atoms with Gasteiger partial charge in [0.1, 0.15) is 0 Å². The highest BCUT2D eigenvalue weighted by atomic mass is 16.5. The minimum absolute atomic E-state index is 0.268. The first-order valence-corrected chi connectivity index (χ1v) is 5.10. The van der Waals surface area contributed by atoms with Gasteiger partial charge < -0.3 is 4.74 Å². The van der Waals surface area contributed by atoms with E-state index >= 15 is 0 Å². The topological polar surface area (TPSA) is 26.3 Å². The number of methoxy groups -OCH3 is 1. The third-order valence-corrected chi connectivity index (χ3v) is 2.16. The number of rotatable bonds is 3. The number of carbonyl (C=O) groups excluding carboxylic acids is 1. The highest BCUT2D eigenvalue weighted by Crippen LogP contribution is 2.20. The van der Waals surface area contributed by atoms with Gasteiger partial charge in [-0.25, -0.2) is 4.79 Å². The van der Waals surface area contributed by atoms with Crippen molar-refractivity contribution in [2.75, 3.05) is 7.11 Å². The molecule has 0 spiro atoms. The third kappa shape index (κ3) is 3.24. The summed E-state index contributed by atoms with van der Waals surface area (Å²) in [6.07, 6.45) is 13.5. The molecule has 0 heterocycles. The van der Waals surface area contributed by atoms with Crippen molar-refractivity contribution in [1.29, 1.82) is 0 Å². The second kappa shape index (κ2) is 6.02. The van der Waals surface area contributed by atoms with Crippen molar-refractivity contribution in [3.05, 3.63) is 47.6 Å². The van der Waals surface area contributed by atoms with Gasteiger partial charge in [-0.15, -0.1) is 0 Å². The van der Waals surface area contributed by atoms with Crippen LogP contribution in [0.25, 0.3) is 0 Å². The third-order valence-electron chi connectivity index (χ3n) is 2.16. The molecule has 0 amide bonds. The zero-order valence-electron chi connectivity index (χ0n) is 9.19. The van der Waals surface area contributed by atoms with Crippen LogP contribution < -0.4 is 0 Å². The lowest BCUT2D eigenvalue weighted by atomic mass is 9.98. The second-order valence-electron chi connectivity index (χ2n) is 3.23. The van der Waals surface area contributed by atoms with Gasteiger partial charge in [-0.2, -0.15) is 0 Å². The van der Waals surface area contributed by atoms with E-state index in [-0.39, 0.29) is 5.97 Å². The Morgan fingerprint density at radius 3 is 3.07 bits per heavy atom. The molecule has 1 rings (SSSR count). The summed E-state index contributed by atoms with van der Waals surface area (Å²) < 4.78 is 4.72. The van der Waals surface area contributed by atoms with Crippen LogP contribution in [-0.2, 0) is 9.53 Å². The van der Waals surface area contributed by atoms with Gasteiger partial charge >= 0.3 is 5.97 Å². The Hall–Kier alpha value is -1.57. The van der Waals surface area contributed by atoms with Crippen LogP contribution in [0.3, 0.4) is 0 Å². The lowest BCUT2D eigenvalue weighted by molar-refractivity contribution is -0.135. The first kappa shape index (κ1) is 11.5. The summed E-state index contributed by atoms with van der Waals surface area (Å²) in [6, 6.07) is 0. The lowest BCUT2D eigenvalue weighted by Crippen LogP contribution is -2.08. The molecule has 0 aromatic heterocycles. The Morgan fingerprint density at radius 2 is 2.40 bits per heavy atom. The molecule has 15 heavy (non-hydrogen) atoms. The lowest BCUT2D eigenvalue weighted by Gasteiger charge is -2.10. The van der Waals surface area contributed by atoms with E-state index in [1.165, 1.54) is 7.11 Å². The minimum Gasteiger partial charge on any atom is -0.465 e. The fraction of sp³-hybridized carbons (Fsp3) is 0.308. The number of esters is 1. The van der Waals surface area contributed by atoms with Gasteiger partial charge in [0.05, 0.1) is 12.7 Å². The average molecular weight is 204 g/mol. The van der Waals surface area contributed by atoms with E-state index in [2.05, 4.69) is 13.0 Å². The van der Waals surface area contributed by atoms with E-state index in [0.717, 1.165) is 18.4 Å². The molecule has 0 saturated heterocycles. The Morgan fingerprint density at radius 1 is 1.60 bits per heavy atom. The first-order chi connectivity index (χ1) is 7.29. The molecular formula is C13H16O2. The quantitative estimate of drug-likeness (QED) is 0.661. The predicted octanol–water partition coefficient (Wildman–Crippen LogP) is 2.94. The minimum atomic E-state index is -0.268. The Kier molecular flexibility index (Phi) is 4.61. The van der Waals surface area contributed by atoms with E-state index in [4.69, 9.17) is 4.74 Å². The molecule has 0 bridgehead atoms. The van der Waals surface area contributed by atoms with Crippen LogP contribution in [0.2, 0.25) is 0 Å². The maximum absolute atomic E-state index is 11.4. The largest absolute Gasteiger partial charge is 0.465 e. The molecule has 80 valence electrons. The van der Waals surface area contributed by atoms with Crippen LogP contribution in [0.15, 0.2) is 47.6 Å². The standard InChI is InChI=1S/C13H16O2/c1-3-4-5-8-11-9-6-7-10-12(11)13(14)15-2/h4-8,10H,3,9H2,1-2H3/b5-4-,11-8+. The molecule has 2 nitrogen and oxygen atoms in total. The van der Waals surface area contributed by atoms with E-state index in [9.17, 15) is 4.79 Å². The fourth-order valence-corrected chi connectivity index (χ4v) is 1.36. The maximum Gasteiger partial charge on any atom is 0.338 e. The molecule has 0 atom stereocenters. The van der Waals surface area contributed by atoms with Gasteiger partial charge in [0.2, 0.25) is 0 Å². The number of hydrogen-bond donors (Lipinski definition) is 0. The summed E-state index contributed by atoms with van der Waals surface area (Å²) in [4.78, 5) is 11.4. The number of allylic oxidation sites excluding steroid dienone is 6. The molecular weight excluding hydrogens is 188 g/mol. The summed E-state index contributed by atoms with van der Waals surface area (Å²) >= 11 is 0. The molecule has 2 heteroatoms. The Balaban J connectivity index is 2.85. The maximum atomic E-state index is 11.4. The fourth-order valence-electron chi connectivity index (χ4n) is 1.36. The zero-order valence-corrected chi connectivity index (χ0v) is 9.19. The van der Waals surface area contributed by atoms with Crippen LogP contribution in [0.5, 0.6) is 0 Å². The summed E-state index contributed by atoms with van der Waals surface area (Å²) in [5.74, 6) is -0.268. The van der Waals surface area contributed by atoms with E-state index in [0.29, 0.717) is 5.57 Å². The van der Waals surface area contributed by atoms with Crippen molar-refractivity contribution in [3.8, 4) is 0 Å². The van der Waals surface area contributed by atoms with Gasteiger partial charge in [0, 0.05) is 0 Å². The van der Waals surface area contributed by atoms with Crippen molar-refractivity contribution in [2.45, 2.75) is 19.8 Å². The van der Waals surface area contributed by atoms with Crippen LogP contribution in [0.1, 0.15) is 19.8 Å². The summed E-state index contributed by atoms with van der Waals surface area (Å²) in [5, 5.41) is 0. The second-order valence-corrected chi connectivity index (χ2v) is 3.23. The van der Waals surface area contributed by atoms with Gasteiger partial charge in [0.15, 0.2) is 0 Å². The molecule has 1 aliphatic carbocycles. The molecule has 0 unspecified atom stereocenters. The first-order valence-electron chi connectivity index (χ1n) is 5.10. The van der Waals surface area contributed by atoms with Crippen LogP contribution in [-0.4, -0.2) is 13.1 Å². The van der Waals surface area contributed by atoms with E-state index in [1.54, 1.807) is 6.08 Å². The highest BCUT2D eigenvalue weighted by molar-refractivity contribution is 5.94. The molecule has 0 saturated carbocycles.